The van der Waals surface area contributed by atoms with Gasteiger partial charge in [-0.3, -0.25) is 19.6 Å². The average Bonchev–Trinajstić information content (AvgIpc) is 3.46. The van der Waals surface area contributed by atoms with Gasteiger partial charge >= 0.3 is 57.1 Å². The summed E-state index contributed by atoms with van der Waals surface area (Å²) in [4.78, 5) is 55.8. The molecule has 14 heteroatoms. The van der Waals surface area contributed by atoms with Gasteiger partial charge in [-0.15, -0.1) is 7.05 Å². The fourth-order valence-corrected chi connectivity index (χ4v) is 5.53. The van der Waals surface area contributed by atoms with Gasteiger partial charge in [-0.05, 0) is 82.7 Å². The van der Waals surface area contributed by atoms with Crippen LogP contribution < -0.4 is 73.7 Å². The number of nitrogens with zero attached hydrogens (tertiary/aromatic N) is 6. The van der Waals surface area contributed by atoms with Crippen molar-refractivity contribution in [1.82, 2.24) is 23.7 Å². The molecule has 0 saturated carbocycles. The molecule has 0 radical (unpaired) electrons. The van der Waals surface area contributed by atoms with E-state index in [0.717, 1.165) is 53.6 Å². The number of hydrogen-bond acceptors (Lipinski definition) is 7. The van der Waals surface area contributed by atoms with Crippen LogP contribution in [0.4, 0.5) is 5.69 Å². The van der Waals surface area contributed by atoms with Gasteiger partial charge in [0, 0.05) is 47.2 Å². The van der Waals surface area contributed by atoms with E-state index >= 15 is 0 Å². The Morgan fingerprint density at radius 3 is 2.22 bits per heavy atom. The summed E-state index contributed by atoms with van der Waals surface area (Å²) in [5.41, 5.74) is 12.6. The van der Waals surface area contributed by atoms with Crippen molar-refractivity contribution in [2.45, 2.75) is 52.5 Å². The molecular formula is C35H44KN9O4. The summed E-state index contributed by atoms with van der Waals surface area (Å²) in [7, 11) is 3.81. The van der Waals surface area contributed by atoms with Crippen molar-refractivity contribution in [3.05, 3.63) is 104 Å². The second kappa shape index (κ2) is 17.8. The minimum atomic E-state index is -0.757. The van der Waals surface area contributed by atoms with Crippen LogP contribution in [0.5, 0.6) is 0 Å². The molecule has 1 fully saturated rings. The average molecular weight is 694 g/mol. The molecule has 4 N–H and O–H groups in total. The minimum Gasteiger partial charge on any atom is -0.619 e. The summed E-state index contributed by atoms with van der Waals surface area (Å²) < 4.78 is 4.02. The van der Waals surface area contributed by atoms with Crippen LogP contribution in [0.1, 0.15) is 74.2 Å². The van der Waals surface area contributed by atoms with E-state index in [9.17, 15) is 19.2 Å². The Morgan fingerprint density at radius 2 is 1.71 bits per heavy atom. The molecule has 1 saturated heterocycles. The molecule has 1 aromatic carbocycles. The number of amidine groups is 1. The minimum absolute atomic E-state index is 0. The summed E-state index contributed by atoms with van der Waals surface area (Å²) in [5.74, 6) is -0.0922. The standard InChI is InChI=1S/C31H36N9O3.C4H8O.K/c1-19(2)38-18-24(30(42)39(31(38)43)26-7-5-6-14-35-26)29(41)36-22-10-8-20(9-11-22)23-17-25(21-12-15-37(4)16-13-21)40(34-3)27(23)28(32)33;1-4(2)3-5;/h5-11,14,17-19,21H,12-13,15-16H2,1-4H3,(H3,32,33)(H,36,41);3-4H,1-2H3;/q-1;;+1. The smallest absolute Gasteiger partial charge is 0.619 e. The van der Waals surface area contributed by atoms with Gasteiger partial charge in [-0.2, -0.15) is 0 Å². The Balaban J connectivity index is 0.00000101. The summed E-state index contributed by atoms with van der Waals surface area (Å²) in [6, 6.07) is 13.8. The van der Waals surface area contributed by atoms with Crippen LogP contribution >= 0.6 is 0 Å². The number of rotatable bonds is 9. The number of benzene rings is 1. The molecule has 0 bridgehead atoms. The number of pyridine rings is 1. The van der Waals surface area contributed by atoms with E-state index in [1.54, 1.807) is 55.9 Å². The van der Waals surface area contributed by atoms with Crippen molar-refractivity contribution in [3.63, 3.8) is 0 Å². The molecule has 0 aliphatic carbocycles. The van der Waals surface area contributed by atoms with Gasteiger partial charge < -0.3 is 30.8 Å². The number of amides is 1. The second-order valence-electron chi connectivity index (χ2n) is 12.4. The van der Waals surface area contributed by atoms with Crippen molar-refractivity contribution in [2.24, 2.45) is 11.7 Å². The fraction of sp³-hybridized carbons (Fsp3) is 0.371. The van der Waals surface area contributed by atoms with E-state index in [0.29, 0.717) is 17.3 Å². The van der Waals surface area contributed by atoms with Crippen molar-refractivity contribution in [1.29, 1.82) is 5.41 Å². The largest absolute Gasteiger partial charge is 1.00 e. The zero-order valence-corrected chi connectivity index (χ0v) is 32.4. The van der Waals surface area contributed by atoms with E-state index in [-0.39, 0.29) is 80.6 Å². The van der Waals surface area contributed by atoms with Crippen LogP contribution in [0, 0.1) is 11.3 Å². The Hall–Kier alpha value is -3.66. The summed E-state index contributed by atoms with van der Waals surface area (Å²) in [6.45, 7) is 9.27. The zero-order chi connectivity index (χ0) is 35.1. The van der Waals surface area contributed by atoms with Gasteiger partial charge in [0.05, 0.1) is 5.69 Å². The van der Waals surface area contributed by atoms with Crippen LogP contribution in [0.15, 0.2) is 70.5 Å². The fourth-order valence-electron chi connectivity index (χ4n) is 5.53. The molecule has 1 aliphatic rings. The molecule has 49 heavy (non-hydrogen) atoms. The number of carbonyl (C=O) groups is 2. The predicted octanol–water partition coefficient (Wildman–Crippen LogP) is 1.40. The second-order valence-corrected chi connectivity index (χ2v) is 12.4. The van der Waals surface area contributed by atoms with E-state index < -0.39 is 17.2 Å². The monoisotopic (exact) mass is 693 g/mol. The van der Waals surface area contributed by atoms with Gasteiger partial charge in [0.2, 0.25) is 0 Å². The number of aromatic nitrogens is 4. The van der Waals surface area contributed by atoms with Gasteiger partial charge in [0.15, 0.2) is 0 Å². The molecule has 4 aromatic rings. The van der Waals surface area contributed by atoms with Crippen molar-refractivity contribution < 1.29 is 61.0 Å². The number of likely N-dealkylation sites (tertiary alicyclic amines) is 1. The third kappa shape index (κ3) is 9.32. The van der Waals surface area contributed by atoms with Gasteiger partial charge in [0.25, 0.3) is 11.5 Å². The predicted molar refractivity (Wildman–Crippen MR) is 188 cm³/mol. The Morgan fingerprint density at radius 1 is 1.08 bits per heavy atom. The van der Waals surface area contributed by atoms with Crippen LogP contribution in [-0.2, 0) is 4.79 Å². The van der Waals surface area contributed by atoms with E-state index in [1.165, 1.54) is 17.0 Å². The summed E-state index contributed by atoms with van der Waals surface area (Å²) >= 11 is 0. The van der Waals surface area contributed by atoms with E-state index in [4.69, 9.17) is 11.1 Å². The number of hydrogen-bond donors (Lipinski definition) is 3. The molecule has 254 valence electrons. The molecule has 0 unspecified atom stereocenters. The molecule has 1 amide bonds. The van der Waals surface area contributed by atoms with Crippen LogP contribution in [0.3, 0.4) is 0 Å². The number of piperidine rings is 1. The molecule has 1 aliphatic heterocycles. The molecular weight excluding hydrogens is 650 g/mol. The topological polar surface area (TPSA) is 175 Å². The third-order valence-corrected chi connectivity index (χ3v) is 8.11. The van der Waals surface area contributed by atoms with Crippen LogP contribution in [-0.4, -0.2) is 68.9 Å². The normalized spacial score (nSPS) is 13.3. The SMILES string of the molecule is CC(C)C=O.C[N-]n1c(C2CCN(C)CC2)cc(-c2ccc(NC(=O)c3cn(C(C)C)c(=O)n(-c4ccccn4)c3=O)cc2)c1C(=N)N.[K+]. The van der Waals surface area contributed by atoms with Gasteiger partial charge in [-0.25, -0.2) is 14.3 Å². The third-order valence-electron chi connectivity index (χ3n) is 8.11. The van der Waals surface area contributed by atoms with Crippen molar-refractivity contribution in [3.8, 4) is 16.9 Å². The Kier molecular flexibility index (Phi) is 14.5. The number of aldehydes is 1. The summed E-state index contributed by atoms with van der Waals surface area (Å²) in [5, 5.41) is 11.1. The molecule has 13 nitrogen and oxygen atoms in total. The van der Waals surface area contributed by atoms with Gasteiger partial charge in [0.1, 0.15) is 23.5 Å². The summed E-state index contributed by atoms with van der Waals surface area (Å²) in [6.07, 6.45) is 5.67. The first-order valence-electron chi connectivity index (χ1n) is 15.9. The number of nitrogen functional groups attached to an aromatic ring is 1. The number of nitrogens with one attached hydrogen (secondary N) is 2. The Labute approximate surface area is 328 Å². The molecule has 0 spiro atoms. The molecule has 5 rings (SSSR count). The quantitative estimate of drug-likeness (QED) is 0.103. The van der Waals surface area contributed by atoms with Crippen molar-refractivity contribution >= 4 is 23.7 Å². The van der Waals surface area contributed by atoms with Crippen LogP contribution in [0.2, 0.25) is 0 Å². The van der Waals surface area contributed by atoms with Gasteiger partial charge in [-0.1, -0.05) is 32.0 Å². The number of anilines is 1. The van der Waals surface area contributed by atoms with Crippen LogP contribution in [0.25, 0.3) is 22.4 Å². The molecule has 0 atom stereocenters. The van der Waals surface area contributed by atoms with E-state index in [1.807, 2.05) is 26.0 Å². The molecule has 3 aromatic heterocycles. The first-order chi connectivity index (χ1) is 22.9. The number of nitrogens with two attached hydrogens (primary N) is 1. The van der Waals surface area contributed by atoms with Crippen molar-refractivity contribution in [2.75, 3.05) is 32.5 Å². The number of carbonyl (C=O) groups excluding carboxylic acids is 2. The molecule has 4 heterocycles. The maximum atomic E-state index is 13.4. The van der Waals surface area contributed by atoms with E-state index in [2.05, 4.69) is 33.7 Å². The first-order valence-corrected chi connectivity index (χ1v) is 15.9. The zero-order valence-electron chi connectivity index (χ0n) is 29.3. The first kappa shape index (κ1) is 39.8. The maximum Gasteiger partial charge on any atom is 1.00 e. The Bertz CT molecular complexity index is 1870. The maximum absolute atomic E-state index is 13.4.